The number of carbonyl (C=O) groups excluding carboxylic acids is 2. The van der Waals surface area contributed by atoms with Crippen molar-refractivity contribution in [2.45, 2.75) is 0 Å². The quantitative estimate of drug-likeness (QED) is 0.359. The molecule has 7 nitrogen and oxygen atoms in total. The van der Waals surface area contributed by atoms with Crippen LogP contribution in [0.4, 0.5) is 0 Å². The molecule has 0 spiro atoms. The van der Waals surface area contributed by atoms with Crippen molar-refractivity contribution in [3.05, 3.63) is 76.6 Å². The Kier molecular flexibility index (Phi) is 5.84. The summed E-state index contributed by atoms with van der Waals surface area (Å²) in [6.07, 6.45) is 0. The van der Waals surface area contributed by atoms with E-state index < -0.39 is 17.6 Å². The van der Waals surface area contributed by atoms with Gasteiger partial charge >= 0.3 is 17.6 Å². The van der Waals surface area contributed by atoms with Gasteiger partial charge in [0.15, 0.2) is 6.61 Å². The molecule has 1 aromatic heterocycles. The molecule has 0 N–H and O–H groups in total. The minimum absolute atomic E-state index is 0.0550. The Morgan fingerprint density at radius 1 is 0.889 bits per heavy atom. The number of carbonyl (C=O) groups is 2. The van der Waals surface area contributed by atoms with E-state index in [1.165, 1.54) is 12.1 Å². The molecule has 0 amide bonds. The fourth-order valence-electron chi connectivity index (χ4n) is 2.26. The van der Waals surface area contributed by atoms with Crippen LogP contribution in [0.3, 0.4) is 0 Å². The number of benzene rings is 2. The molecule has 0 aliphatic rings. The van der Waals surface area contributed by atoms with Crippen molar-refractivity contribution in [3.63, 3.8) is 0 Å². The molecular formula is C20H16O7. The SMILES string of the molecule is O=C(COc1ccc2ccc(=O)oc2c1)OCCOC(=O)c1ccccc1. The first-order valence-electron chi connectivity index (χ1n) is 8.16. The zero-order valence-electron chi connectivity index (χ0n) is 14.3. The van der Waals surface area contributed by atoms with Crippen LogP contribution < -0.4 is 10.4 Å². The third-order valence-corrected chi connectivity index (χ3v) is 3.54. The highest BCUT2D eigenvalue weighted by molar-refractivity contribution is 5.89. The monoisotopic (exact) mass is 368 g/mol. The predicted octanol–water partition coefficient (Wildman–Crippen LogP) is 2.57. The molecule has 7 heteroatoms. The normalized spacial score (nSPS) is 10.4. The van der Waals surface area contributed by atoms with Gasteiger partial charge in [0.1, 0.15) is 24.5 Å². The molecule has 0 saturated carbocycles. The van der Waals surface area contributed by atoms with Gasteiger partial charge in [0.25, 0.3) is 0 Å². The molecule has 0 unspecified atom stereocenters. The van der Waals surface area contributed by atoms with E-state index in [2.05, 4.69) is 0 Å². The Hall–Kier alpha value is -3.61. The van der Waals surface area contributed by atoms with Gasteiger partial charge in [-0.25, -0.2) is 14.4 Å². The number of rotatable bonds is 7. The van der Waals surface area contributed by atoms with E-state index in [1.807, 2.05) is 0 Å². The van der Waals surface area contributed by atoms with Gasteiger partial charge in [-0.1, -0.05) is 18.2 Å². The summed E-state index contributed by atoms with van der Waals surface area (Å²) in [5, 5.41) is 0.741. The van der Waals surface area contributed by atoms with Crippen LogP contribution in [-0.4, -0.2) is 31.8 Å². The van der Waals surface area contributed by atoms with E-state index in [1.54, 1.807) is 48.5 Å². The standard InChI is InChI=1S/C20H16O7/c21-18-9-7-14-6-8-16(12-17(14)27-18)26-13-19(22)24-10-11-25-20(23)15-4-2-1-3-5-15/h1-9,12H,10-11,13H2. The Balaban J connectivity index is 1.41. The highest BCUT2D eigenvalue weighted by Crippen LogP contribution is 2.19. The first-order chi connectivity index (χ1) is 13.1. The summed E-state index contributed by atoms with van der Waals surface area (Å²) in [6.45, 7) is -0.455. The summed E-state index contributed by atoms with van der Waals surface area (Å²) in [6, 6.07) is 16.4. The summed E-state index contributed by atoms with van der Waals surface area (Å²) in [5.41, 5.74) is 0.320. The van der Waals surface area contributed by atoms with Gasteiger partial charge < -0.3 is 18.6 Å². The number of esters is 2. The highest BCUT2D eigenvalue weighted by atomic mass is 16.6. The van der Waals surface area contributed by atoms with E-state index in [-0.39, 0.29) is 19.8 Å². The lowest BCUT2D eigenvalue weighted by atomic mass is 10.2. The average Bonchev–Trinajstić information content (AvgIpc) is 2.69. The maximum absolute atomic E-state index is 11.7. The van der Waals surface area contributed by atoms with E-state index in [0.717, 1.165) is 5.39 Å². The molecule has 0 radical (unpaired) electrons. The highest BCUT2D eigenvalue weighted by Gasteiger charge is 2.08. The maximum atomic E-state index is 11.7. The molecule has 0 bridgehead atoms. The summed E-state index contributed by atoms with van der Waals surface area (Å²) in [7, 11) is 0. The second-order valence-electron chi connectivity index (χ2n) is 5.47. The zero-order chi connectivity index (χ0) is 19.1. The summed E-state index contributed by atoms with van der Waals surface area (Å²) in [5.74, 6) is -0.731. The average molecular weight is 368 g/mol. The van der Waals surface area contributed by atoms with Crippen molar-refractivity contribution in [2.24, 2.45) is 0 Å². The number of hydrogen-bond donors (Lipinski definition) is 0. The molecule has 138 valence electrons. The zero-order valence-corrected chi connectivity index (χ0v) is 14.3. The van der Waals surface area contributed by atoms with Gasteiger partial charge in [0.05, 0.1) is 5.56 Å². The largest absolute Gasteiger partial charge is 0.482 e. The Bertz CT molecular complexity index is 992. The van der Waals surface area contributed by atoms with Crippen molar-refractivity contribution in [1.29, 1.82) is 0 Å². The third kappa shape index (κ3) is 5.18. The molecule has 0 aliphatic heterocycles. The fraction of sp³-hybridized carbons (Fsp3) is 0.150. The van der Waals surface area contributed by atoms with E-state index >= 15 is 0 Å². The van der Waals surface area contributed by atoms with Crippen molar-refractivity contribution < 1.29 is 28.2 Å². The van der Waals surface area contributed by atoms with Gasteiger partial charge in [-0.2, -0.15) is 0 Å². The first-order valence-corrected chi connectivity index (χ1v) is 8.16. The van der Waals surface area contributed by atoms with Crippen LogP contribution in [0.1, 0.15) is 10.4 Å². The fourth-order valence-corrected chi connectivity index (χ4v) is 2.26. The molecule has 0 fully saturated rings. The second kappa shape index (κ2) is 8.66. The van der Waals surface area contributed by atoms with Crippen LogP contribution in [0.2, 0.25) is 0 Å². The van der Waals surface area contributed by atoms with Gasteiger partial charge in [-0.05, 0) is 30.3 Å². The minimum Gasteiger partial charge on any atom is -0.482 e. The van der Waals surface area contributed by atoms with Gasteiger partial charge in [0.2, 0.25) is 0 Å². The third-order valence-electron chi connectivity index (χ3n) is 3.54. The lowest BCUT2D eigenvalue weighted by Crippen LogP contribution is -2.18. The molecule has 1 heterocycles. The van der Waals surface area contributed by atoms with E-state index in [0.29, 0.717) is 16.9 Å². The lowest BCUT2D eigenvalue weighted by molar-refractivity contribution is -0.147. The molecule has 0 saturated heterocycles. The predicted molar refractivity (Wildman–Crippen MR) is 95.7 cm³/mol. The molecule has 2 aromatic carbocycles. The van der Waals surface area contributed by atoms with Crippen LogP contribution in [0.5, 0.6) is 5.75 Å². The maximum Gasteiger partial charge on any atom is 0.344 e. The van der Waals surface area contributed by atoms with Crippen LogP contribution >= 0.6 is 0 Å². The second-order valence-corrected chi connectivity index (χ2v) is 5.47. The molecular weight excluding hydrogens is 352 g/mol. The molecule has 0 atom stereocenters. The smallest absolute Gasteiger partial charge is 0.344 e. The molecule has 0 aliphatic carbocycles. The van der Waals surface area contributed by atoms with Crippen molar-refractivity contribution >= 4 is 22.9 Å². The minimum atomic E-state index is -0.611. The number of ether oxygens (including phenoxy) is 3. The van der Waals surface area contributed by atoms with Gasteiger partial charge in [-0.3, -0.25) is 0 Å². The summed E-state index contributed by atoms with van der Waals surface area (Å²) >= 11 is 0. The van der Waals surface area contributed by atoms with Gasteiger partial charge in [0, 0.05) is 17.5 Å². The molecule has 27 heavy (non-hydrogen) atoms. The van der Waals surface area contributed by atoms with E-state index in [4.69, 9.17) is 18.6 Å². The topological polar surface area (TPSA) is 92.0 Å². The lowest BCUT2D eigenvalue weighted by Gasteiger charge is -2.08. The van der Waals surface area contributed by atoms with Crippen molar-refractivity contribution in [2.75, 3.05) is 19.8 Å². The Morgan fingerprint density at radius 2 is 1.63 bits per heavy atom. The van der Waals surface area contributed by atoms with Crippen LogP contribution in [0.15, 0.2) is 69.9 Å². The van der Waals surface area contributed by atoms with Crippen LogP contribution in [0.25, 0.3) is 11.0 Å². The van der Waals surface area contributed by atoms with E-state index in [9.17, 15) is 14.4 Å². The first kappa shape index (κ1) is 18.2. The summed E-state index contributed by atoms with van der Waals surface area (Å²) < 4.78 is 20.3. The summed E-state index contributed by atoms with van der Waals surface area (Å²) in [4.78, 5) is 34.6. The van der Waals surface area contributed by atoms with Crippen molar-refractivity contribution in [3.8, 4) is 5.75 Å². The van der Waals surface area contributed by atoms with Crippen LogP contribution in [0, 0.1) is 0 Å². The van der Waals surface area contributed by atoms with Crippen LogP contribution in [-0.2, 0) is 14.3 Å². The Labute approximate surface area is 154 Å². The van der Waals surface area contributed by atoms with Crippen molar-refractivity contribution in [1.82, 2.24) is 0 Å². The number of fused-ring (bicyclic) bond motifs is 1. The Morgan fingerprint density at radius 3 is 2.44 bits per heavy atom. The number of hydrogen-bond acceptors (Lipinski definition) is 7. The molecule has 3 aromatic rings. The molecule has 3 rings (SSSR count). The van der Waals surface area contributed by atoms with Gasteiger partial charge in [-0.15, -0.1) is 0 Å².